The van der Waals surface area contributed by atoms with Gasteiger partial charge in [-0.3, -0.25) is 0 Å². The van der Waals surface area contributed by atoms with Crippen molar-refractivity contribution in [2.24, 2.45) is 0 Å². The SMILES string of the molecule is C=C(C)C(=O)OCCCO[P+](C)=O. The van der Waals surface area contributed by atoms with Gasteiger partial charge in [0.1, 0.15) is 6.61 Å². The minimum absolute atomic E-state index is 0.273. The summed E-state index contributed by atoms with van der Waals surface area (Å²) in [5.41, 5.74) is 0.377. The van der Waals surface area contributed by atoms with E-state index in [0.717, 1.165) is 0 Å². The number of carbonyl (C=O) groups excluding carboxylic acids is 1. The molecule has 0 bridgehead atoms. The fraction of sp³-hybridized carbons (Fsp3) is 0.625. The molecule has 1 atom stereocenters. The Balaban J connectivity index is 3.31. The van der Waals surface area contributed by atoms with Crippen LogP contribution in [0, 0.1) is 0 Å². The highest BCUT2D eigenvalue weighted by Gasteiger charge is 2.06. The van der Waals surface area contributed by atoms with Gasteiger partial charge in [-0.1, -0.05) is 6.58 Å². The van der Waals surface area contributed by atoms with Gasteiger partial charge in [0.25, 0.3) is 0 Å². The third kappa shape index (κ3) is 7.62. The van der Waals surface area contributed by atoms with Crippen molar-refractivity contribution in [3.63, 3.8) is 0 Å². The van der Waals surface area contributed by atoms with Gasteiger partial charge in [-0.15, -0.1) is 4.52 Å². The quantitative estimate of drug-likeness (QED) is 0.287. The summed E-state index contributed by atoms with van der Waals surface area (Å²) in [7, 11) is -1.55. The molecule has 0 aliphatic rings. The molecule has 0 rings (SSSR count). The molecule has 0 spiro atoms. The highest BCUT2D eigenvalue weighted by Crippen LogP contribution is 2.14. The van der Waals surface area contributed by atoms with Crippen LogP contribution in [-0.2, 0) is 18.6 Å². The topological polar surface area (TPSA) is 52.6 Å². The standard InChI is InChI=1S/C8H14O4P/c1-7(2)8(9)11-5-4-6-12-13(3)10/h1,4-6H2,2-3H3/q+1. The number of rotatable bonds is 6. The van der Waals surface area contributed by atoms with Gasteiger partial charge in [-0.2, -0.15) is 0 Å². The van der Waals surface area contributed by atoms with Crippen LogP contribution in [0.5, 0.6) is 0 Å². The van der Waals surface area contributed by atoms with E-state index in [9.17, 15) is 9.36 Å². The minimum atomic E-state index is -1.55. The number of esters is 1. The second-order valence-corrected chi connectivity index (χ2v) is 3.68. The van der Waals surface area contributed by atoms with Gasteiger partial charge in [0.15, 0.2) is 6.66 Å². The van der Waals surface area contributed by atoms with Gasteiger partial charge in [0, 0.05) is 12.0 Å². The van der Waals surface area contributed by atoms with E-state index in [1.807, 2.05) is 0 Å². The zero-order valence-corrected chi connectivity index (χ0v) is 8.80. The lowest BCUT2D eigenvalue weighted by Crippen LogP contribution is -2.07. The number of hydrogen-bond acceptors (Lipinski definition) is 4. The van der Waals surface area contributed by atoms with Crippen molar-refractivity contribution >= 4 is 14.0 Å². The first kappa shape index (κ1) is 12.3. The van der Waals surface area contributed by atoms with E-state index >= 15 is 0 Å². The second kappa shape index (κ2) is 6.75. The Morgan fingerprint density at radius 1 is 1.46 bits per heavy atom. The zero-order valence-electron chi connectivity index (χ0n) is 7.91. The van der Waals surface area contributed by atoms with Gasteiger partial charge >= 0.3 is 14.0 Å². The molecule has 0 aromatic rings. The monoisotopic (exact) mass is 205 g/mol. The Morgan fingerprint density at radius 3 is 2.54 bits per heavy atom. The van der Waals surface area contributed by atoms with Crippen molar-refractivity contribution in [2.75, 3.05) is 19.9 Å². The van der Waals surface area contributed by atoms with Crippen molar-refractivity contribution in [1.82, 2.24) is 0 Å². The molecule has 74 valence electrons. The molecule has 13 heavy (non-hydrogen) atoms. The lowest BCUT2D eigenvalue weighted by Gasteiger charge is -2.01. The summed E-state index contributed by atoms with van der Waals surface area (Å²) >= 11 is 0. The summed E-state index contributed by atoms with van der Waals surface area (Å²) in [6, 6.07) is 0. The van der Waals surface area contributed by atoms with Crippen LogP contribution in [0.15, 0.2) is 12.2 Å². The molecule has 0 heterocycles. The minimum Gasteiger partial charge on any atom is -0.462 e. The first-order chi connectivity index (χ1) is 6.04. The Kier molecular flexibility index (Phi) is 6.37. The lowest BCUT2D eigenvalue weighted by atomic mass is 10.4. The third-order valence-electron chi connectivity index (χ3n) is 1.14. The average molecular weight is 205 g/mol. The van der Waals surface area contributed by atoms with Gasteiger partial charge < -0.3 is 4.74 Å². The van der Waals surface area contributed by atoms with Crippen LogP contribution >= 0.6 is 8.03 Å². The van der Waals surface area contributed by atoms with E-state index in [2.05, 4.69) is 6.58 Å². The molecule has 4 nitrogen and oxygen atoms in total. The van der Waals surface area contributed by atoms with Crippen molar-refractivity contribution in [1.29, 1.82) is 0 Å². The number of ether oxygens (including phenoxy) is 1. The van der Waals surface area contributed by atoms with E-state index < -0.39 is 14.0 Å². The van der Waals surface area contributed by atoms with E-state index in [1.54, 1.807) is 6.92 Å². The van der Waals surface area contributed by atoms with Crippen LogP contribution in [0.2, 0.25) is 0 Å². The van der Waals surface area contributed by atoms with Crippen molar-refractivity contribution in [3.8, 4) is 0 Å². The average Bonchev–Trinajstić information content (AvgIpc) is 2.02. The maximum atomic E-state index is 10.8. The van der Waals surface area contributed by atoms with Crippen molar-refractivity contribution < 1.29 is 18.6 Å². The summed E-state index contributed by atoms with van der Waals surface area (Å²) in [4.78, 5) is 10.8. The molecule has 5 heteroatoms. The van der Waals surface area contributed by atoms with Crippen LogP contribution in [0.25, 0.3) is 0 Å². The Bertz CT molecular complexity index is 212. The van der Waals surface area contributed by atoms with Crippen LogP contribution in [0.1, 0.15) is 13.3 Å². The molecular weight excluding hydrogens is 191 g/mol. The predicted octanol–water partition coefficient (Wildman–Crippen LogP) is 1.88. The Hall–Kier alpha value is -0.730. The van der Waals surface area contributed by atoms with Crippen molar-refractivity contribution in [2.45, 2.75) is 13.3 Å². The lowest BCUT2D eigenvalue weighted by molar-refractivity contribution is -0.139. The summed E-state index contributed by atoms with van der Waals surface area (Å²) in [5.74, 6) is -0.402. The summed E-state index contributed by atoms with van der Waals surface area (Å²) in [6.45, 7) is 7.11. The fourth-order valence-corrected chi connectivity index (χ4v) is 0.926. The summed E-state index contributed by atoms with van der Waals surface area (Å²) in [5, 5.41) is 0. The fourth-order valence-electron chi connectivity index (χ4n) is 0.540. The predicted molar refractivity (Wildman–Crippen MR) is 49.9 cm³/mol. The number of carbonyl (C=O) groups is 1. The maximum absolute atomic E-state index is 10.8. The molecule has 0 saturated heterocycles. The van der Waals surface area contributed by atoms with Crippen LogP contribution in [-0.4, -0.2) is 25.8 Å². The van der Waals surface area contributed by atoms with Crippen LogP contribution < -0.4 is 0 Å². The molecule has 0 fully saturated rings. The van der Waals surface area contributed by atoms with E-state index in [4.69, 9.17) is 9.26 Å². The van der Waals surface area contributed by atoms with Crippen molar-refractivity contribution in [3.05, 3.63) is 12.2 Å². The van der Waals surface area contributed by atoms with E-state index in [-0.39, 0.29) is 6.61 Å². The first-order valence-corrected chi connectivity index (χ1v) is 5.53. The molecule has 0 N–H and O–H groups in total. The smallest absolute Gasteiger partial charge is 0.462 e. The van der Waals surface area contributed by atoms with Crippen LogP contribution in [0.4, 0.5) is 0 Å². The molecular formula is C8H14O4P+. The zero-order chi connectivity index (χ0) is 10.3. The molecule has 0 aromatic carbocycles. The first-order valence-electron chi connectivity index (χ1n) is 3.90. The normalized spacial score (nSPS) is 10.8. The summed E-state index contributed by atoms with van der Waals surface area (Å²) < 4.78 is 20.0. The highest BCUT2D eigenvalue weighted by atomic mass is 31.1. The van der Waals surface area contributed by atoms with E-state index in [0.29, 0.717) is 18.6 Å². The Labute approximate surface area is 78.8 Å². The molecule has 0 amide bonds. The number of hydrogen-bond donors (Lipinski definition) is 0. The third-order valence-corrected chi connectivity index (χ3v) is 1.69. The molecule has 0 aliphatic carbocycles. The Morgan fingerprint density at radius 2 is 2.08 bits per heavy atom. The molecule has 1 unspecified atom stereocenters. The van der Waals surface area contributed by atoms with Crippen LogP contribution in [0.3, 0.4) is 0 Å². The summed E-state index contributed by atoms with van der Waals surface area (Å²) in [6.07, 6.45) is 0.550. The highest BCUT2D eigenvalue weighted by molar-refractivity contribution is 7.38. The molecule has 0 radical (unpaired) electrons. The van der Waals surface area contributed by atoms with Gasteiger partial charge in [0.05, 0.1) is 6.61 Å². The molecule has 0 saturated carbocycles. The van der Waals surface area contributed by atoms with Gasteiger partial charge in [0.2, 0.25) is 0 Å². The van der Waals surface area contributed by atoms with E-state index in [1.165, 1.54) is 6.66 Å². The second-order valence-electron chi connectivity index (χ2n) is 2.54. The molecule has 0 aliphatic heterocycles. The largest absolute Gasteiger partial charge is 0.504 e. The maximum Gasteiger partial charge on any atom is 0.504 e. The van der Waals surface area contributed by atoms with Gasteiger partial charge in [-0.05, 0) is 11.5 Å². The van der Waals surface area contributed by atoms with Gasteiger partial charge in [-0.25, -0.2) is 4.79 Å². The molecule has 0 aromatic heterocycles.